The molecule has 0 bridgehead atoms. The van der Waals surface area contributed by atoms with Crippen LogP contribution < -0.4 is 0 Å². The van der Waals surface area contributed by atoms with Crippen LogP contribution in [0.1, 0.15) is 52.8 Å². The van der Waals surface area contributed by atoms with E-state index in [-0.39, 0.29) is 15.7 Å². The number of sulfonamides is 1. The second-order valence-electron chi connectivity index (χ2n) is 11.3. The van der Waals surface area contributed by atoms with Crippen molar-refractivity contribution in [1.82, 2.24) is 14.1 Å². The quantitative estimate of drug-likeness (QED) is 0.315. The van der Waals surface area contributed by atoms with E-state index in [1.54, 1.807) is 45.0 Å². The monoisotopic (exact) mass is 595 g/mol. The number of benzene rings is 2. The van der Waals surface area contributed by atoms with Gasteiger partial charge in [0.1, 0.15) is 17.7 Å². The fourth-order valence-corrected chi connectivity index (χ4v) is 4.83. The van der Waals surface area contributed by atoms with Gasteiger partial charge in [-0.1, -0.05) is 29.8 Å². The van der Waals surface area contributed by atoms with E-state index >= 15 is 0 Å². The van der Waals surface area contributed by atoms with E-state index in [2.05, 4.69) is 5.10 Å². The first kappa shape index (κ1) is 31.7. The molecule has 0 radical (unpaired) electrons. The van der Waals surface area contributed by atoms with Gasteiger partial charge in [-0.05, 0) is 78.8 Å². The molecule has 13 heteroatoms. The summed E-state index contributed by atoms with van der Waals surface area (Å²) in [5.41, 5.74) is -1.52. The molecule has 0 saturated carbocycles. The number of carbonyl (C=O) groups excluding carboxylic acids is 2. The van der Waals surface area contributed by atoms with E-state index in [9.17, 15) is 31.2 Å². The topological polar surface area (TPSA) is 108 Å². The van der Waals surface area contributed by atoms with Gasteiger partial charge in [-0.3, -0.25) is 4.79 Å². The molecule has 3 rings (SSSR count). The van der Waals surface area contributed by atoms with Crippen LogP contribution in [-0.4, -0.2) is 52.3 Å². The van der Waals surface area contributed by atoms with E-state index in [1.165, 1.54) is 32.9 Å². The fourth-order valence-electron chi connectivity index (χ4n) is 3.58. The van der Waals surface area contributed by atoms with E-state index in [0.29, 0.717) is 5.56 Å². The van der Waals surface area contributed by atoms with Crippen molar-refractivity contribution in [3.05, 3.63) is 65.9 Å². The number of aryl methyl sites for hydroxylation is 1. The molecule has 41 heavy (non-hydrogen) atoms. The molecular weight excluding hydrogens is 563 g/mol. The van der Waals surface area contributed by atoms with Crippen molar-refractivity contribution in [2.24, 2.45) is 0 Å². The van der Waals surface area contributed by atoms with Crippen LogP contribution in [0.5, 0.6) is 0 Å². The molecule has 0 spiro atoms. The highest BCUT2D eigenvalue weighted by atomic mass is 32.2. The molecule has 0 atom stereocenters. The van der Waals surface area contributed by atoms with Crippen LogP contribution in [0, 0.1) is 6.92 Å². The average molecular weight is 596 g/mol. The number of aromatic nitrogens is 2. The van der Waals surface area contributed by atoms with Crippen molar-refractivity contribution in [1.29, 1.82) is 0 Å². The minimum Gasteiger partial charge on any atom is -0.459 e. The minimum absolute atomic E-state index is 0.131. The van der Waals surface area contributed by atoms with Crippen LogP contribution in [0.4, 0.5) is 18.0 Å². The normalized spacial score (nSPS) is 12.6. The Morgan fingerprint density at radius 2 is 1.41 bits per heavy atom. The Labute approximate surface area is 236 Å². The number of hydrogen-bond acceptors (Lipinski definition) is 7. The number of alkyl halides is 3. The average Bonchev–Trinajstić information content (AvgIpc) is 3.27. The smallest absolute Gasteiger partial charge is 0.435 e. The summed E-state index contributed by atoms with van der Waals surface area (Å²) in [5.74, 6) is -0.984. The summed E-state index contributed by atoms with van der Waals surface area (Å²) in [6, 6.07) is 12.4. The number of ether oxygens (including phenoxy) is 2. The molecule has 1 heterocycles. The van der Waals surface area contributed by atoms with Crippen LogP contribution in [-0.2, 0) is 30.5 Å². The number of carbonyl (C=O) groups is 2. The van der Waals surface area contributed by atoms with Crippen LogP contribution >= 0.6 is 0 Å². The molecule has 1 aromatic heterocycles. The molecular formula is C28H32F3N3O6S. The third-order valence-corrected chi connectivity index (χ3v) is 7.03. The molecule has 0 unspecified atom stereocenters. The zero-order valence-corrected chi connectivity index (χ0v) is 24.6. The van der Waals surface area contributed by atoms with Crippen LogP contribution in [0.3, 0.4) is 0 Å². The zero-order valence-electron chi connectivity index (χ0n) is 23.7. The standard InChI is InChI=1S/C28H32F3N3O6S/c1-18-8-10-19(11-9-18)22-16-23(28(29,30)31)32-34(22)20-12-14-21(15-13-20)41(37,38)33(25(36)40-27(5,6)7)17-24(35)39-26(2,3)4/h8-16H,17H2,1-7H3. The van der Waals surface area contributed by atoms with Crippen molar-refractivity contribution in [3.8, 4) is 16.9 Å². The molecule has 0 fully saturated rings. The molecule has 1 amide bonds. The summed E-state index contributed by atoms with van der Waals surface area (Å²) < 4.78 is 79.4. The highest BCUT2D eigenvalue weighted by molar-refractivity contribution is 7.89. The maximum atomic E-state index is 13.5. The summed E-state index contributed by atoms with van der Waals surface area (Å²) in [6.07, 6.45) is -6.01. The molecule has 0 N–H and O–H groups in total. The van der Waals surface area contributed by atoms with Crippen LogP contribution in [0.25, 0.3) is 16.9 Å². The van der Waals surface area contributed by atoms with Crippen molar-refractivity contribution < 1.29 is 40.7 Å². The number of rotatable bonds is 6. The molecule has 0 saturated heterocycles. The Balaban J connectivity index is 2.04. The fraction of sp³-hybridized carbons (Fsp3) is 0.393. The summed E-state index contributed by atoms with van der Waals surface area (Å²) in [7, 11) is -4.66. The van der Waals surface area contributed by atoms with Crippen LogP contribution in [0.15, 0.2) is 59.5 Å². The van der Waals surface area contributed by atoms with Gasteiger partial charge in [0.2, 0.25) is 0 Å². The molecule has 3 aromatic rings. The summed E-state index contributed by atoms with van der Waals surface area (Å²) in [6.45, 7) is 10.2. The van der Waals surface area contributed by atoms with Gasteiger partial charge in [-0.15, -0.1) is 0 Å². The lowest BCUT2D eigenvalue weighted by Gasteiger charge is -2.27. The van der Waals surface area contributed by atoms with Gasteiger partial charge in [-0.2, -0.15) is 22.6 Å². The Morgan fingerprint density at radius 3 is 1.90 bits per heavy atom. The number of halogens is 3. The van der Waals surface area contributed by atoms with E-state index in [1.807, 2.05) is 6.92 Å². The zero-order chi connectivity index (χ0) is 31.0. The first-order valence-electron chi connectivity index (χ1n) is 12.5. The van der Waals surface area contributed by atoms with E-state index in [4.69, 9.17) is 9.47 Å². The van der Waals surface area contributed by atoms with Gasteiger partial charge in [0, 0.05) is 5.56 Å². The third kappa shape index (κ3) is 8.09. The number of esters is 1. The Bertz CT molecular complexity index is 1520. The number of nitrogens with zero attached hydrogens (tertiary/aromatic N) is 3. The van der Waals surface area contributed by atoms with Gasteiger partial charge in [0.15, 0.2) is 5.69 Å². The summed E-state index contributed by atoms with van der Waals surface area (Å²) >= 11 is 0. The summed E-state index contributed by atoms with van der Waals surface area (Å²) in [5, 5.41) is 3.72. The van der Waals surface area contributed by atoms with Gasteiger partial charge in [0.25, 0.3) is 10.0 Å². The Kier molecular flexibility index (Phi) is 8.64. The Hall–Kier alpha value is -3.87. The lowest BCUT2D eigenvalue weighted by molar-refractivity contribution is -0.155. The second kappa shape index (κ2) is 11.2. The number of amides is 1. The van der Waals surface area contributed by atoms with Crippen molar-refractivity contribution in [2.45, 2.75) is 70.7 Å². The van der Waals surface area contributed by atoms with Crippen LogP contribution in [0.2, 0.25) is 0 Å². The van der Waals surface area contributed by atoms with Crippen molar-refractivity contribution in [3.63, 3.8) is 0 Å². The number of hydrogen-bond donors (Lipinski definition) is 0. The molecule has 0 aliphatic heterocycles. The Morgan fingerprint density at radius 1 is 0.878 bits per heavy atom. The maximum Gasteiger partial charge on any atom is 0.435 e. The molecule has 0 aliphatic carbocycles. The lowest BCUT2D eigenvalue weighted by Crippen LogP contribution is -2.44. The molecule has 222 valence electrons. The molecule has 2 aromatic carbocycles. The van der Waals surface area contributed by atoms with Gasteiger partial charge >= 0.3 is 18.2 Å². The maximum absolute atomic E-state index is 13.5. The first-order chi connectivity index (χ1) is 18.7. The highest BCUT2D eigenvalue weighted by Crippen LogP contribution is 2.33. The second-order valence-corrected chi connectivity index (χ2v) is 13.1. The van der Waals surface area contributed by atoms with Gasteiger partial charge < -0.3 is 9.47 Å². The predicted molar refractivity (Wildman–Crippen MR) is 145 cm³/mol. The van der Waals surface area contributed by atoms with E-state index in [0.717, 1.165) is 28.4 Å². The highest BCUT2D eigenvalue weighted by Gasteiger charge is 2.37. The predicted octanol–water partition coefficient (Wildman–Crippen LogP) is 6.13. The molecule has 0 aliphatic rings. The SMILES string of the molecule is Cc1ccc(-c2cc(C(F)(F)F)nn2-c2ccc(S(=O)(=O)N(CC(=O)OC(C)(C)C)C(=O)OC(C)(C)C)cc2)cc1. The first-order valence-corrected chi connectivity index (χ1v) is 13.9. The van der Waals surface area contributed by atoms with Gasteiger partial charge in [0.05, 0.1) is 16.3 Å². The van der Waals surface area contributed by atoms with E-state index < -0.39 is 56.6 Å². The van der Waals surface area contributed by atoms with Crippen molar-refractivity contribution in [2.75, 3.05) is 6.54 Å². The minimum atomic E-state index is -4.72. The summed E-state index contributed by atoms with van der Waals surface area (Å²) in [4.78, 5) is 25.0. The van der Waals surface area contributed by atoms with Gasteiger partial charge in [-0.25, -0.2) is 17.9 Å². The molecule has 9 nitrogen and oxygen atoms in total. The third-order valence-electron chi connectivity index (χ3n) is 5.31. The van der Waals surface area contributed by atoms with Crippen molar-refractivity contribution >= 4 is 22.1 Å². The lowest BCUT2D eigenvalue weighted by atomic mass is 10.1. The largest absolute Gasteiger partial charge is 0.459 e.